The maximum absolute atomic E-state index is 5.98. The maximum atomic E-state index is 5.98. The molecule has 0 aromatic heterocycles. The van der Waals surface area contributed by atoms with Crippen molar-refractivity contribution in [2.45, 2.75) is 32.6 Å². The van der Waals surface area contributed by atoms with Gasteiger partial charge in [-0.1, -0.05) is 42.8 Å². The van der Waals surface area contributed by atoms with Crippen molar-refractivity contribution in [1.82, 2.24) is 9.80 Å². The van der Waals surface area contributed by atoms with Crippen LogP contribution in [0, 0.1) is 6.92 Å². The molecule has 2 fully saturated rings. The summed E-state index contributed by atoms with van der Waals surface area (Å²) in [5, 5.41) is 0. The number of likely N-dealkylation sites (tertiary alicyclic amines) is 1. The fourth-order valence-electron chi connectivity index (χ4n) is 4.58. The lowest BCUT2D eigenvalue weighted by Crippen LogP contribution is -2.45. The van der Waals surface area contributed by atoms with Gasteiger partial charge in [-0.05, 0) is 69.1 Å². The second kappa shape index (κ2) is 10.7. The van der Waals surface area contributed by atoms with E-state index in [2.05, 4.69) is 76.7 Å². The minimum atomic E-state index is 0.801. The molecule has 2 aliphatic heterocycles. The average Bonchev–Trinajstić information content (AvgIpc) is 2.83. The Hall–Kier alpha value is -2.46. The minimum absolute atomic E-state index is 0.801. The van der Waals surface area contributed by atoms with E-state index in [0.29, 0.717) is 0 Å². The van der Waals surface area contributed by atoms with Gasteiger partial charge in [0.05, 0.1) is 6.61 Å². The highest BCUT2D eigenvalue weighted by Gasteiger charge is 2.19. The van der Waals surface area contributed by atoms with Gasteiger partial charge in [0, 0.05) is 44.1 Å². The van der Waals surface area contributed by atoms with E-state index in [-0.39, 0.29) is 0 Å². The molecule has 2 saturated heterocycles. The van der Waals surface area contributed by atoms with Gasteiger partial charge in [0.2, 0.25) is 0 Å². The summed E-state index contributed by atoms with van der Waals surface area (Å²) >= 11 is 0. The molecular weight excluding hydrogens is 382 g/mol. The largest absolute Gasteiger partial charge is 0.494 e. The monoisotopic (exact) mass is 419 g/mol. The van der Waals surface area contributed by atoms with Gasteiger partial charge in [-0.2, -0.15) is 0 Å². The second-order valence-corrected chi connectivity index (χ2v) is 8.89. The quantitative estimate of drug-likeness (QED) is 0.558. The zero-order valence-electron chi connectivity index (χ0n) is 19.1. The van der Waals surface area contributed by atoms with E-state index in [9.17, 15) is 0 Å². The molecule has 0 amide bonds. The number of aryl methyl sites for hydroxylation is 1. The molecule has 4 rings (SSSR count). The summed E-state index contributed by atoms with van der Waals surface area (Å²) in [5.74, 6) is 0.980. The first-order valence-corrected chi connectivity index (χ1v) is 11.9. The van der Waals surface area contributed by atoms with Gasteiger partial charge in [-0.3, -0.25) is 0 Å². The highest BCUT2D eigenvalue weighted by molar-refractivity contribution is 5.62. The van der Waals surface area contributed by atoms with Gasteiger partial charge in [0.25, 0.3) is 0 Å². The number of hydrogen-bond donors (Lipinski definition) is 0. The molecule has 0 saturated carbocycles. The van der Waals surface area contributed by atoms with Crippen molar-refractivity contribution in [3.05, 3.63) is 66.2 Å². The van der Waals surface area contributed by atoms with E-state index in [1.54, 1.807) is 0 Å². The van der Waals surface area contributed by atoms with Crippen LogP contribution in [-0.4, -0.2) is 62.2 Å². The van der Waals surface area contributed by atoms with Crippen LogP contribution in [-0.2, 0) is 0 Å². The first kappa shape index (κ1) is 21.8. The molecular formula is C27H37N3O. The van der Waals surface area contributed by atoms with Crippen molar-refractivity contribution in [3.63, 3.8) is 0 Å². The smallest absolute Gasteiger partial charge is 0.119 e. The highest BCUT2D eigenvalue weighted by atomic mass is 16.5. The SMILES string of the molecule is C=C(c1ccc(C)cc1)N1CCN(c2ccc(OCCCN3CCCCC3)cc2)CC1. The molecule has 0 bridgehead atoms. The van der Waals surface area contributed by atoms with Crippen LogP contribution in [0.1, 0.15) is 36.8 Å². The van der Waals surface area contributed by atoms with E-state index in [1.807, 2.05) is 0 Å². The molecule has 2 heterocycles. The molecule has 31 heavy (non-hydrogen) atoms. The number of piperidine rings is 1. The third kappa shape index (κ3) is 6.04. The summed E-state index contributed by atoms with van der Waals surface area (Å²) in [4.78, 5) is 7.43. The lowest BCUT2D eigenvalue weighted by Gasteiger charge is -2.38. The molecule has 2 aliphatic rings. The number of nitrogens with zero attached hydrogens (tertiary/aromatic N) is 3. The summed E-state index contributed by atoms with van der Waals surface area (Å²) in [6.07, 6.45) is 5.22. The van der Waals surface area contributed by atoms with Crippen LogP contribution in [0.15, 0.2) is 55.1 Å². The lowest BCUT2D eigenvalue weighted by atomic mass is 10.1. The zero-order chi connectivity index (χ0) is 21.5. The van der Waals surface area contributed by atoms with Crippen molar-refractivity contribution in [3.8, 4) is 5.75 Å². The van der Waals surface area contributed by atoms with Crippen LogP contribution < -0.4 is 9.64 Å². The van der Waals surface area contributed by atoms with Gasteiger partial charge in [0.15, 0.2) is 0 Å². The predicted molar refractivity (Wildman–Crippen MR) is 131 cm³/mol. The highest BCUT2D eigenvalue weighted by Crippen LogP contribution is 2.24. The molecule has 0 spiro atoms. The third-order valence-corrected chi connectivity index (χ3v) is 6.58. The minimum Gasteiger partial charge on any atom is -0.494 e. The standard InChI is InChI=1S/C27H37N3O/c1-23-7-9-25(10-8-23)24(2)29-18-20-30(21-19-29)26-11-13-27(14-12-26)31-22-6-17-28-15-4-3-5-16-28/h7-14H,2-6,15-22H2,1H3. The van der Waals surface area contributed by atoms with E-state index >= 15 is 0 Å². The van der Waals surface area contributed by atoms with Gasteiger partial charge < -0.3 is 19.4 Å². The fourth-order valence-corrected chi connectivity index (χ4v) is 4.58. The molecule has 0 radical (unpaired) electrons. The van der Waals surface area contributed by atoms with Gasteiger partial charge in [-0.15, -0.1) is 0 Å². The van der Waals surface area contributed by atoms with Crippen LogP contribution >= 0.6 is 0 Å². The summed E-state index contributed by atoms with van der Waals surface area (Å²) in [7, 11) is 0. The first-order valence-electron chi connectivity index (χ1n) is 11.9. The second-order valence-electron chi connectivity index (χ2n) is 8.89. The number of benzene rings is 2. The fraction of sp³-hybridized carbons (Fsp3) is 0.481. The number of hydrogen-bond acceptors (Lipinski definition) is 4. The van der Waals surface area contributed by atoms with Crippen molar-refractivity contribution in [2.24, 2.45) is 0 Å². The Balaban J connectivity index is 1.20. The molecule has 4 heteroatoms. The third-order valence-electron chi connectivity index (χ3n) is 6.58. The first-order chi connectivity index (χ1) is 15.2. The van der Waals surface area contributed by atoms with E-state index in [0.717, 1.165) is 57.2 Å². The van der Waals surface area contributed by atoms with Crippen molar-refractivity contribution >= 4 is 11.4 Å². The van der Waals surface area contributed by atoms with Crippen molar-refractivity contribution in [1.29, 1.82) is 0 Å². The van der Waals surface area contributed by atoms with E-state index in [1.165, 1.54) is 49.2 Å². The zero-order valence-corrected chi connectivity index (χ0v) is 19.1. The summed E-state index contributed by atoms with van der Waals surface area (Å²) in [5.41, 5.74) is 4.92. The Morgan fingerprint density at radius 2 is 1.52 bits per heavy atom. The summed E-state index contributed by atoms with van der Waals surface area (Å²) in [6.45, 7) is 15.0. The molecule has 0 unspecified atom stereocenters. The molecule has 166 valence electrons. The number of rotatable bonds is 8. The number of anilines is 1. The predicted octanol–water partition coefficient (Wildman–Crippen LogP) is 5.04. The van der Waals surface area contributed by atoms with Gasteiger partial charge in [-0.25, -0.2) is 0 Å². The molecule has 2 aromatic rings. The normalized spacial score (nSPS) is 17.6. The molecule has 4 nitrogen and oxygen atoms in total. The molecule has 2 aromatic carbocycles. The molecule has 0 N–H and O–H groups in total. The van der Waals surface area contributed by atoms with Crippen LogP contribution in [0.25, 0.3) is 5.70 Å². The van der Waals surface area contributed by atoms with Crippen LogP contribution in [0.3, 0.4) is 0 Å². The Bertz CT molecular complexity index is 817. The molecule has 0 aliphatic carbocycles. The number of piperazine rings is 1. The van der Waals surface area contributed by atoms with Crippen molar-refractivity contribution in [2.75, 3.05) is 57.3 Å². The van der Waals surface area contributed by atoms with Crippen molar-refractivity contribution < 1.29 is 4.74 Å². The lowest BCUT2D eigenvalue weighted by molar-refractivity contribution is 0.205. The van der Waals surface area contributed by atoms with Crippen LogP contribution in [0.5, 0.6) is 5.75 Å². The average molecular weight is 420 g/mol. The summed E-state index contributed by atoms with van der Waals surface area (Å²) in [6, 6.07) is 17.3. The molecule has 0 atom stereocenters. The summed E-state index contributed by atoms with van der Waals surface area (Å²) < 4.78 is 5.98. The Labute approximate surface area is 188 Å². The van der Waals surface area contributed by atoms with Crippen LogP contribution in [0.4, 0.5) is 5.69 Å². The Morgan fingerprint density at radius 3 is 2.19 bits per heavy atom. The van der Waals surface area contributed by atoms with E-state index in [4.69, 9.17) is 4.74 Å². The van der Waals surface area contributed by atoms with Gasteiger partial charge >= 0.3 is 0 Å². The number of ether oxygens (including phenoxy) is 1. The topological polar surface area (TPSA) is 19.0 Å². The van der Waals surface area contributed by atoms with E-state index < -0.39 is 0 Å². The van der Waals surface area contributed by atoms with Gasteiger partial charge in [0.1, 0.15) is 5.75 Å². The van der Waals surface area contributed by atoms with Crippen LogP contribution in [0.2, 0.25) is 0 Å². The Kier molecular flexibility index (Phi) is 7.52. The maximum Gasteiger partial charge on any atom is 0.119 e. The Morgan fingerprint density at radius 1 is 0.839 bits per heavy atom.